The molecule has 1 atom stereocenters. The number of nitrogens with one attached hydrogen (secondary N) is 1. The van der Waals surface area contributed by atoms with Gasteiger partial charge in [-0.3, -0.25) is 0 Å². The summed E-state index contributed by atoms with van der Waals surface area (Å²) >= 11 is 0. The van der Waals surface area contributed by atoms with Crippen molar-refractivity contribution < 1.29 is 22.7 Å². The monoisotopic (exact) mass is 416 g/mol. The number of rotatable bonds is 4. The lowest BCUT2D eigenvalue weighted by molar-refractivity contribution is -0.137. The average Bonchev–Trinajstić information content (AvgIpc) is 3.08. The minimum Gasteiger partial charge on any atom is -0.457 e. The Bertz CT molecular complexity index is 1070. The zero-order valence-electron chi connectivity index (χ0n) is 16.8. The summed E-state index contributed by atoms with van der Waals surface area (Å²) in [5, 5.41) is 1.03. The Kier molecular flexibility index (Phi) is 5.32. The Labute approximate surface area is 172 Å². The summed E-state index contributed by atoms with van der Waals surface area (Å²) in [7, 11) is 4.16. The maximum absolute atomic E-state index is 12.7. The molecule has 0 saturated carbocycles. The van der Waals surface area contributed by atoms with E-state index < -0.39 is 17.7 Å². The van der Waals surface area contributed by atoms with Crippen LogP contribution in [-0.2, 0) is 30.4 Å². The molecule has 0 bridgehead atoms. The van der Waals surface area contributed by atoms with Crippen LogP contribution in [0.2, 0.25) is 0 Å². The molecule has 30 heavy (non-hydrogen) atoms. The zero-order valence-corrected chi connectivity index (χ0v) is 16.8. The van der Waals surface area contributed by atoms with Crippen LogP contribution in [0.5, 0.6) is 0 Å². The summed E-state index contributed by atoms with van der Waals surface area (Å²) in [6, 6.07) is 10.5. The molecule has 7 heteroatoms. The van der Waals surface area contributed by atoms with Crippen molar-refractivity contribution >= 4 is 16.9 Å². The summed E-state index contributed by atoms with van der Waals surface area (Å²) in [6.07, 6.45) is -1.40. The first-order valence-corrected chi connectivity index (χ1v) is 9.85. The maximum Gasteiger partial charge on any atom is 0.416 e. The largest absolute Gasteiger partial charge is 0.457 e. The van der Waals surface area contributed by atoms with E-state index in [4.69, 9.17) is 4.74 Å². The first-order chi connectivity index (χ1) is 14.2. The van der Waals surface area contributed by atoms with E-state index in [-0.39, 0.29) is 6.61 Å². The van der Waals surface area contributed by atoms with Gasteiger partial charge in [-0.15, -0.1) is 0 Å². The number of hydrogen-bond acceptors (Lipinski definition) is 3. The van der Waals surface area contributed by atoms with Gasteiger partial charge in [0.2, 0.25) is 0 Å². The third kappa shape index (κ3) is 4.07. The number of aromatic amines is 1. The molecule has 0 spiro atoms. The van der Waals surface area contributed by atoms with Gasteiger partial charge in [0, 0.05) is 22.6 Å². The van der Waals surface area contributed by atoms with Crippen molar-refractivity contribution in [3.63, 3.8) is 0 Å². The number of carbonyl (C=O) groups is 1. The predicted octanol–water partition coefficient (Wildman–Crippen LogP) is 4.96. The number of halogens is 3. The van der Waals surface area contributed by atoms with Gasteiger partial charge in [0.1, 0.15) is 6.61 Å². The summed E-state index contributed by atoms with van der Waals surface area (Å²) in [4.78, 5) is 18.2. The number of alkyl halides is 3. The van der Waals surface area contributed by atoms with Crippen LogP contribution in [-0.4, -0.2) is 36.0 Å². The Morgan fingerprint density at radius 2 is 1.90 bits per heavy atom. The van der Waals surface area contributed by atoms with Gasteiger partial charge in [0.25, 0.3) is 0 Å². The van der Waals surface area contributed by atoms with Crippen molar-refractivity contribution in [2.45, 2.75) is 38.1 Å². The first-order valence-electron chi connectivity index (χ1n) is 9.85. The Morgan fingerprint density at radius 3 is 2.57 bits per heavy atom. The standard InChI is InChI=1S/C23H23F3N2O2/c1-28(2)17-8-10-21-19(12-17)18-11-15(5-9-20(18)27-21)22(29)30-13-14-3-6-16(7-4-14)23(24,25)26/h3-7,9,11,17,27H,8,10,12-13H2,1-2H3. The maximum atomic E-state index is 12.7. The van der Waals surface area contributed by atoms with Crippen molar-refractivity contribution in [1.29, 1.82) is 0 Å². The van der Waals surface area contributed by atoms with Gasteiger partial charge in [-0.05, 0) is 74.8 Å². The smallest absolute Gasteiger partial charge is 0.416 e. The molecule has 0 saturated heterocycles. The molecule has 0 radical (unpaired) electrons. The summed E-state index contributed by atoms with van der Waals surface area (Å²) < 4.78 is 43.3. The SMILES string of the molecule is CN(C)C1CCc2[nH]c3ccc(C(=O)OCc4ccc(C(F)(F)F)cc4)cc3c2C1. The van der Waals surface area contributed by atoms with E-state index in [0.29, 0.717) is 17.2 Å². The highest BCUT2D eigenvalue weighted by molar-refractivity contribution is 5.96. The summed E-state index contributed by atoms with van der Waals surface area (Å²) in [5.74, 6) is -0.494. The molecule has 1 N–H and O–H groups in total. The number of likely N-dealkylation sites (N-methyl/N-ethyl adjacent to an activating group) is 1. The molecule has 4 rings (SSSR count). The minimum absolute atomic E-state index is 0.0804. The van der Waals surface area contributed by atoms with E-state index in [9.17, 15) is 18.0 Å². The number of aromatic nitrogens is 1. The Hall–Kier alpha value is -2.80. The lowest BCUT2D eigenvalue weighted by Crippen LogP contribution is -2.33. The molecule has 0 aliphatic heterocycles. The Balaban J connectivity index is 1.49. The summed E-state index contributed by atoms with van der Waals surface area (Å²) in [6.45, 7) is -0.0804. The normalized spacial score (nSPS) is 16.7. The van der Waals surface area contributed by atoms with Gasteiger partial charge in [0.15, 0.2) is 0 Å². The third-order valence-electron chi connectivity index (χ3n) is 5.78. The van der Waals surface area contributed by atoms with Crippen molar-refractivity contribution in [3.8, 4) is 0 Å². The molecule has 0 fully saturated rings. The fraction of sp³-hybridized carbons (Fsp3) is 0.348. The topological polar surface area (TPSA) is 45.3 Å². The van der Waals surface area contributed by atoms with E-state index in [1.807, 2.05) is 12.1 Å². The number of benzene rings is 2. The molecule has 0 amide bonds. The molecule has 3 aromatic rings. The van der Waals surface area contributed by atoms with E-state index in [1.54, 1.807) is 6.07 Å². The quantitative estimate of drug-likeness (QED) is 0.612. The van der Waals surface area contributed by atoms with E-state index in [1.165, 1.54) is 23.4 Å². The molecule has 1 aliphatic rings. The molecular formula is C23H23F3N2O2. The highest BCUT2D eigenvalue weighted by atomic mass is 19.4. The molecule has 1 heterocycles. The number of hydrogen-bond donors (Lipinski definition) is 1. The number of carbonyl (C=O) groups excluding carboxylic acids is 1. The van der Waals surface area contributed by atoms with Gasteiger partial charge in [-0.25, -0.2) is 4.79 Å². The van der Waals surface area contributed by atoms with Crippen LogP contribution in [0.15, 0.2) is 42.5 Å². The van der Waals surface area contributed by atoms with Crippen LogP contribution in [0.25, 0.3) is 10.9 Å². The van der Waals surface area contributed by atoms with Crippen molar-refractivity contribution in [2.24, 2.45) is 0 Å². The van der Waals surface area contributed by atoms with Crippen LogP contribution in [0.4, 0.5) is 13.2 Å². The van der Waals surface area contributed by atoms with Crippen molar-refractivity contribution in [3.05, 3.63) is 70.4 Å². The molecule has 4 nitrogen and oxygen atoms in total. The predicted molar refractivity (Wildman–Crippen MR) is 108 cm³/mol. The van der Waals surface area contributed by atoms with Gasteiger partial charge in [-0.2, -0.15) is 13.2 Å². The number of H-pyrrole nitrogens is 1. The number of aryl methyl sites for hydroxylation is 1. The average molecular weight is 416 g/mol. The van der Waals surface area contributed by atoms with Crippen LogP contribution >= 0.6 is 0 Å². The molecule has 158 valence electrons. The van der Waals surface area contributed by atoms with Crippen LogP contribution in [0.3, 0.4) is 0 Å². The summed E-state index contributed by atoms with van der Waals surface area (Å²) in [5.41, 5.74) is 3.68. The third-order valence-corrected chi connectivity index (χ3v) is 5.78. The van der Waals surface area contributed by atoms with Crippen LogP contribution in [0.1, 0.15) is 39.2 Å². The first kappa shape index (κ1) is 20.5. The van der Waals surface area contributed by atoms with E-state index >= 15 is 0 Å². The number of nitrogens with zero attached hydrogens (tertiary/aromatic N) is 1. The van der Waals surface area contributed by atoms with Crippen molar-refractivity contribution in [1.82, 2.24) is 9.88 Å². The van der Waals surface area contributed by atoms with Crippen molar-refractivity contribution in [2.75, 3.05) is 14.1 Å². The van der Waals surface area contributed by atoms with Gasteiger partial charge in [-0.1, -0.05) is 12.1 Å². The Morgan fingerprint density at radius 1 is 1.17 bits per heavy atom. The fourth-order valence-electron chi connectivity index (χ4n) is 3.99. The number of fused-ring (bicyclic) bond motifs is 3. The molecule has 1 aliphatic carbocycles. The van der Waals surface area contributed by atoms with Crippen LogP contribution < -0.4 is 0 Å². The second-order valence-corrected chi connectivity index (χ2v) is 7.97. The fourth-order valence-corrected chi connectivity index (χ4v) is 3.99. The van der Waals surface area contributed by atoms with Crippen LogP contribution in [0, 0.1) is 0 Å². The molecule has 1 unspecified atom stereocenters. The van der Waals surface area contributed by atoms with Gasteiger partial charge < -0.3 is 14.6 Å². The molecule has 1 aromatic heterocycles. The second-order valence-electron chi connectivity index (χ2n) is 7.97. The lowest BCUT2D eigenvalue weighted by Gasteiger charge is -2.28. The number of esters is 1. The number of ether oxygens (including phenoxy) is 1. The molecular weight excluding hydrogens is 393 g/mol. The highest BCUT2D eigenvalue weighted by Gasteiger charge is 2.30. The van der Waals surface area contributed by atoms with Gasteiger partial charge >= 0.3 is 12.1 Å². The van der Waals surface area contributed by atoms with Gasteiger partial charge in [0.05, 0.1) is 11.1 Å². The highest BCUT2D eigenvalue weighted by Crippen LogP contribution is 2.32. The molecule has 2 aromatic carbocycles. The minimum atomic E-state index is -4.38. The van der Waals surface area contributed by atoms with E-state index in [2.05, 4.69) is 24.0 Å². The van der Waals surface area contributed by atoms with E-state index in [0.717, 1.165) is 42.3 Å². The second kappa shape index (κ2) is 7.80. The zero-order chi connectivity index (χ0) is 21.5. The lowest BCUT2D eigenvalue weighted by atomic mass is 9.90.